The molecular weight excluding hydrogens is 194 g/mol. The summed E-state index contributed by atoms with van der Waals surface area (Å²) in [5, 5.41) is 2.73. The molecule has 0 spiro atoms. The van der Waals surface area contributed by atoms with Crippen molar-refractivity contribution in [3.05, 3.63) is 24.0 Å². The number of hydrogen-bond acceptors (Lipinski definition) is 4. The van der Waals surface area contributed by atoms with Crippen LogP contribution in [-0.4, -0.2) is 24.6 Å². The molecule has 1 amide bonds. The first-order chi connectivity index (χ1) is 7.27. The van der Waals surface area contributed by atoms with Gasteiger partial charge in [0, 0.05) is 19.9 Å². The van der Waals surface area contributed by atoms with E-state index >= 15 is 0 Å². The Morgan fingerprint density at radius 1 is 1.67 bits per heavy atom. The van der Waals surface area contributed by atoms with Gasteiger partial charge in [-0.05, 0) is 12.1 Å². The maximum absolute atomic E-state index is 11.4. The molecule has 1 rings (SSSR count). The zero-order valence-corrected chi connectivity index (χ0v) is 8.69. The number of nitrogens with one attached hydrogen (secondary N) is 1. The predicted molar refractivity (Wildman–Crippen MR) is 57.3 cm³/mol. The maximum Gasteiger partial charge on any atom is 0.226 e. The van der Waals surface area contributed by atoms with Gasteiger partial charge in [0.2, 0.25) is 5.91 Å². The molecule has 0 aliphatic rings. The highest BCUT2D eigenvalue weighted by Crippen LogP contribution is 2.11. The minimum absolute atomic E-state index is 0.0976. The van der Waals surface area contributed by atoms with Crippen molar-refractivity contribution in [2.75, 3.05) is 19.0 Å². The molecule has 0 aliphatic carbocycles. The standard InChI is InChI=1S/C10H15N3O2/c1-15-6-4-10(14)13-8-3-2-5-12-9(8)7-11/h2-3,5H,4,6-7,11H2,1H3,(H,13,14). The Kier molecular flexibility index (Phi) is 4.73. The zero-order chi connectivity index (χ0) is 11.1. The van der Waals surface area contributed by atoms with Crippen LogP contribution >= 0.6 is 0 Å². The summed E-state index contributed by atoms with van der Waals surface area (Å²) in [5.41, 5.74) is 6.84. The van der Waals surface area contributed by atoms with Gasteiger partial charge in [-0.2, -0.15) is 0 Å². The third-order valence-electron chi connectivity index (χ3n) is 1.89. The topological polar surface area (TPSA) is 77.2 Å². The van der Waals surface area contributed by atoms with E-state index in [1.807, 2.05) is 0 Å². The lowest BCUT2D eigenvalue weighted by atomic mass is 10.3. The predicted octanol–water partition coefficient (Wildman–Crippen LogP) is 0.515. The summed E-state index contributed by atoms with van der Waals surface area (Å²) in [7, 11) is 1.56. The fourth-order valence-electron chi connectivity index (χ4n) is 1.12. The van der Waals surface area contributed by atoms with Crippen molar-refractivity contribution in [1.29, 1.82) is 0 Å². The number of pyridine rings is 1. The van der Waals surface area contributed by atoms with E-state index in [1.165, 1.54) is 0 Å². The maximum atomic E-state index is 11.4. The average Bonchev–Trinajstić information content (AvgIpc) is 2.27. The van der Waals surface area contributed by atoms with Crippen LogP contribution in [0.2, 0.25) is 0 Å². The molecule has 82 valence electrons. The number of ether oxygens (including phenoxy) is 1. The number of methoxy groups -OCH3 is 1. The second-order valence-corrected chi connectivity index (χ2v) is 2.99. The molecule has 1 heterocycles. The Hall–Kier alpha value is -1.46. The lowest BCUT2D eigenvalue weighted by Gasteiger charge is -2.08. The lowest BCUT2D eigenvalue weighted by molar-refractivity contribution is -0.117. The summed E-state index contributed by atoms with van der Waals surface area (Å²) in [6.45, 7) is 0.713. The number of aromatic nitrogens is 1. The average molecular weight is 209 g/mol. The molecule has 1 aromatic heterocycles. The number of hydrogen-bond donors (Lipinski definition) is 2. The van der Waals surface area contributed by atoms with Crippen molar-refractivity contribution < 1.29 is 9.53 Å². The minimum Gasteiger partial charge on any atom is -0.384 e. The molecule has 0 aliphatic heterocycles. The van der Waals surface area contributed by atoms with Crippen LogP contribution in [0.5, 0.6) is 0 Å². The SMILES string of the molecule is COCCC(=O)Nc1cccnc1CN. The molecule has 5 nitrogen and oxygen atoms in total. The van der Waals surface area contributed by atoms with Crippen LogP contribution in [0.25, 0.3) is 0 Å². The van der Waals surface area contributed by atoms with Gasteiger partial charge in [-0.15, -0.1) is 0 Å². The Morgan fingerprint density at radius 3 is 3.13 bits per heavy atom. The van der Waals surface area contributed by atoms with Gasteiger partial charge in [0.15, 0.2) is 0 Å². The number of amides is 1. The molecule has 0 unspecified atom stereocenters. The van der Waals surface area contributed by atoms with Gasteiger partial charge in [0.05, 0.1) is 24.4 Å². The van der Waals surface area contributed by atoms with Gasteiger partial charge in [0.25, 0.3) is 0 Å². The summed E-state index contributed by atoms with van der Waals surface area (Å²) in [6.07, 6.45) is 1.97. The van der Waals surface area contributed by atoms with E-state index in [0.717, 1.165) is 0 Å². The van der Waals surface area contributed by atoms with Crippen LogP contribution in [0.1, 0.15) is 12.1 Å². The summed E-state index contributed by atoms with van der Waals surface area (Å²) in [5.74, 6) is -0.0976. The summed E-state index contributed by atoms with van der Waals surface area (Å²) < 4.78 is 4.81. The number of rotatable bonds is 5. The van der Waals surface area contributed by atoms with Gasteiger partial charge in [0.1, 0.15) is 0 Å². The number of carbonyl (C=O) groups is 1. The van der Waals surface area contributed by atoms with Crippen LogP contribution in [0, 0.1) is 0 Å². The van der Waals surface area contributed by atoms with Crippen molar-refractivity contribution in [3.63, 3.8) is 0 Å². The van der Waals surface area contributed by atoms with Gasteiger partial charge in [-0.1, -0.05) is 0 Å². The van der Waals surface area contributed by atoms with E-state index < -0.39 is 0 Å². The fraction of sp³-hybridized carbons (Fsp3) is 0.400. The molecule has 0 bridgehead atoms. The third-order valence-corrected chi connectivity index (χ3v) is 1.89. The zero-order valence-electron chi connectivity index (χ0n) is 8.69. The monoisotopic (exact) mass is 209 g/mol. The summed E-state index contributed by atoms with van der Waals surface area (Å²) in [4.78, 5) is 15.4. The number of carbonyl (C=O) groups excluding carboxylic acids is 1. The lowest BCUT2D eigenvalue weighted by Crippen LogP contribution is -2.16. The molecular formula is C10H15N3O2. The number of nitrogens with two attached hydrogens (primary N) is 1. The Bertz CT molecular complexity index is 328. The molecule has 0 saturated heterocycles. The molecule has 15 heavy (non-hydrogen) atoms. The number of nitrogens with zero attached hydrogens (tertiary/aromatic N) is 1. The third kappa shape index (κ3) is 3.65. The van der Waals surface area contributed by atoms with E-state index in [-0.39, 0.29) is 5.91 Å². The highest BCUT2D eigenvalue weighted by Gasteiger charge is 2.05. The molecule has 5 heteroatoms. The van der Waals surface area contributed by atoms with E-state index in [0.29, 0.717) is 31.0 Å². The van der Waals surface area contributed by atoms with E-state index in [1.54, 1.807) is 25.4 Å². The molecule has 0 fully saturated rings. The van der Waals surface area contributed by atoms with Gasteiger partial charge < -0.3 is 15.8 Å². The second-order valence-electron chi connectivity index (χ2n) is 2.99. The van der Waals surface area contributed by atoms with Crippen LogP contribution in [0.15, 0.2) is 18.3 Å². The molecule has 0 radical (unpaired) electrons. The van der Waals surface area contributed by atoms with E-state index in [9.17, 15) is 4.79 Å². The Morgan fingerprint density at radius 2 is 2.47 bits per heavy atom. The van der Waals surface area contributed by atoms with Crippen molar-refractivity contribution in [1.82, 2.24) is 4.98 Å². The van der Waals surface area contributed by atoms with Crippen LogP contribution in [0.3, 0.4) is 0 Å². The first kappa shape index (κ1) is 11.6. The van der Waals surface area contributed by atoms with Crippen LogP contribution in [-0.2, 0) is 16.1 Å². The minimum atomic E-state index is -0.0976. The van der Waals surface area contributed by atoms with E-state index in [4.69, 9.17) is 10.5 Å². The first-order valence-electron chi connectivity index (χ1n) is 4.70. The summed E-state index contributed by atoms with van der Waals surface area (Å²) in [6, 6.07) is 3.53. The molecule has 0 atom stereocenters. The van der Waals surface area contributed by atoms with Crippen molar-refractivity contribution in [2.45, 2.75) is 13.0 Å². The largest absolute Gasteiger partial charge is 0.384 e. The van der Waals surface area contributed by atoms with Crippen LogP contribution in [0.4, 0.5) is 5.69 Å². The quantitative estimate of drug-likeness (QED) is 0.741. The van der Waals surface area contributed by atoms with Crippen molar-refractivity contribution in [3.8, 4) is 0 Å². The van der Waals surface area contributed by atoms with Crippen molar-refractivity contribution in [2.24, 2.45) is 5.73 Å². The molecule has 0 saturated carbocycles. The second kappa shape index (κ2) is 6.10. The Labute approximate surface area is 88.6 Å². The van der Waals surface area contributed by atoms with Gasteiger partial charge in [-0.3, -0.25) is 9.78 Å². The highest BCUT2D eigenvalue weighted by atomic mass is 16.5. The van der Waals surface area contributed by atoms with Crippen molar-refractivity contribution >= 4 is 11.6 Å². The highest BCUT2D eigenvalue weighted by molar-refractivity contribution is 5.91. The smallest absolute Gasteiger partial charge is 0.226 e. The van der Waals surface area contributed by atoms with Crippen LogP contribution < -0.4 is 11.1 Å². The van der Waals surface area contributed by atoms with Gasteiger partial charge >= 0.3 is 0 Å². The van der Waals surface area contributed by atoms with Gasteiger partial charge in [-0.25, -0.2) is 0 Å². The normalized spacial score (nSPS) is 10.0. The molecule has 0 aromatic carbocycles. The van der Waals surface area contributed by atoms with E-state index in [2.05, 4.69) is 10.3 Å². The first-order valence-corrected chi connectivity index (χ1v) is 4.70. The number of anilines is 1. The fourth-order valence-corrected chi connectivity index (χ4v) is 1.12. The Balaban J connectivity index is 2.59. The molecule has 1 aromatic rings. The molecule has 3 N–H and O–H groups in total. The summed E-state index contributed by atoms with van der Waals surface area (Å²) >= 11 is 0.